The van der Waals surface area contributed by atoms with Crippen LogP contribution in [0.3, 0.4) is 0 Å². The molecule has 0 aromatic carbocycles. The summed E-state index contributed by atoms with van der Waals surface area (Å²) in [7, 11) is 0. The number of nitrogens with one attached hydrogen (secondary N) is 1. The summed E-state index contributed by atoms with van der Waals surface area (Å²) in [6, 6.07) is 0. The fourth-order valence-corrected chi connectivity index (χ4v) is 1.42. The largest absolute Gasteiger partial charge is 0.466 e. The molecule has 0 aliphatic carbocycles. The molecule has 1 aliphatic rings. The molecule has 98 valence electrons. The van der Waals surface area contributed by atoms with Crippen LogP contribution in [0.5, 0.6) is 0 Å². The predicted octanol–water partition coefficient (Wildman–Crippen LogP) is -0.139. The molecule has 1 atom stereocenters. The van der Waals surface area contributed by atoms with E-state index >= 15 is 0 Å². The van der Waals surface area contributed by atoms with Gasteiger partial charge in [-0.1, -0.05) is 0 Å². The van der Waals surface area contributed by atoms with Crippen molar-refractivity contribution in [1.82, 2.24) is 5.32 Å². The van der Waals surface area contributed by atoms with E-state index < -0.39 is 0 Å². The lowest BCUT2D eigenvalue weighted by Gasteiger charge is -2.23. The highest BCUT2D eigenvalue weighted by atomic mass is 16.6. The summed E-state index contributed by atoms with van der Waals surface area (Å²) in [5.74, 6) is -0.521. The Labute approximate surface area is 101 Å². The number of carbonyl (C=O) groups is 2. The third-order valence-corrected chi connectivity index (χ3v) is 2.27. The molecule has 0 radical (unpaired) electrons. The van der Waals surface area contributed by atoms with Crippen molar-refractivity contribution in [2.45, 2.75) is 25.9 Å². The smallest absolute Gasteiger partial charge is 0.306 e. The molecule has 1 unspecified atom stereocenters. The lowest BCUT2D eigenvalue weighted by molar-refractivity contribution is -0.144. The minimum absolute atomic E-state index is 0.0877. The first-order valence-corrected chi connectivity index (χ1v) is 5.84. The van der Waals surface area contributed by atoms with E-state index in [9.17, 15) is 9.59 Å². The van der Waals surface area contributed by atoms with Crippen molar-refractivity contribution in [2.24, 2.45) is 0 Å². The minimum Gasteiger partial charge on any atom is -0.466 e. The van der Waals surface area contributed by atoms with E-state index in [0.717, 1.165) is 0 Å². The molecule has 1 fully saturated rings. The number of ether oxygens (including phenoxy) is 3. The lowest BCUT2D eigenvalue weighted by Crippen LogP contribution is -2.39. The van der Waals surface area contributed by atoms with E-state index in [1.807, 2.05) is 0 Å². The van der Waals surface area contributed by atoms with E-state index in [1.54, 1.807) is 6.92 Å². The highest BCUT2D eigenvalue weighted by Crippen LogP contribution is 1.99. The zero-order chi connectivity index (χ0) is 12.5. The van der Waals surface area contributed by atoms with Gasteiger partial charge in [-0.05, 0) is 6.92 Å². The molecular weight excluding hydrogens is 226 g/mol. The molecular formula is C11H19NO5. The van der Waals surface area contributed by atoms with Gasteiger partial charge in [0.15, 0.2) is 0 Å². The standard InChI is InChI=1S/C11H19NO5/c1-2-16-11(14)4-3-10(13)12-7-9-8-15-5-6-17-9/h9H,2-8H2,1H3,(H,12,13). The average Bonchev–Trinajstić information content (AvgIpc) is 2.35. The highest BCUT2D eigenvalue weighted by Gasteiger charge is 2.15. The molecule has 17 heavy (non-hydrogen) atoms. The number of rotatable bonds is 6. The molecule has 1 N–H and O–H groups in total. The van der Waals surface area contributed by atoms with E-state index in [1.165, 1.54) is 0 Å². The maximum atomic E-state index is 11.4. The number of hydrogen-bond acceptors (Lipinski definition) is 5. The maximum Gasteiger partial charge on any atom is 0.306 e. The molecule has 6 nitrogen and oxygen atoms in total. The topological polar surface area (TPSA) is 73.9 Å². The Morgan fingerprint density at radius 1 is 1.35 bits per heavy atom. The second-order valence-electron chi connectivity index (χ2n) is 3.68. The van der Waals surface area contributed by atoms with Gasteiger partial charge in [-0.2, -0.15) is 0 Å². The van der Waals surface area contributed by atoms with Crippen molar-refractivity contribution >= 4 is 11.9 Å². The first-order valence-electron chi connectivity index (χ1n) is 5.84. The summed E-state index contributed by atoms with van der Waals surface area (Å²) < 4.78 is 15.3. The predicted molar refractivity (Wildman–Crippen MR) is 59.4 cm³/mol. The van der Waals surface area contributed by atoms with Gasteiger partial charge in [0, 0.05) is 13.0 Å². The monoisotopic (exact) mass is 245 g/mol. The zero-order valence-electron chi connectivity index (χ0n) is 10.1. The van der Waals surface area contributed by atoms with Crippen molar-refractivity contribution in [2.75, 3.05) is 33.0 Å². The van der Waals surface area contributed by atoms with Crippen molar-refractivity contribution < 1.29 is 23.8 Å². The van der Waals surface area contributed by atoms with E-state index in [4.69, 9.17) is 14.2 Å². The van der Waals surface area contributed by atoms with Gasteiger partial charge in [-0.3, -0.25) is 9.59 Å². The first-order chi connectivity index (χ1) is 8.22. The van der Waals surface area contributed by atoms with Gasteiger partial charge in [-0.15, -0.1) is 0 Å². The Hall–Kier alpha value is -1.14. The zero-order valence-corrected chi connectivity index (χ0v) is 10.1. The Balaban J connectivity index is 2.06. The van der Waals surface area contributed by atoms with Crippen LogP contribution in [0.2, 0.25) is 0 Å². The summed E-state index contributed by atoms with van der Waals surface area (Å²) in [5, 5.41) is 2.70. The van der Waals surface area contributed by atoms with Crippen molar-refractivity contribution in [3.05, 3.63) is 0 Å². The second kappa shape index (κ2) is 8.03. The summed E-state index contributed by atoms with van der Waals surface area (Å²) >= 11 is 0. The highest BCUT2D eigenvalue weighted by molar-refractivity contribution is 5.81. The van der Waals surface area contributed by atoms with Gasteiger partial charge in [0.05, 0.1) is 39.0 Å². The fraction of sp³-hybridized carbons (Fsp3) is 0.818. The molecule has 0 spiro atoms. The van der Waals surface area contributed by atoms with E-state index in [-0.39, 0.29) is 30.8 Å². The Kier molecular flexibility index (Phi) is 6.57. The third kappa shape index (κ3) is 6.23. The van der Waals surface area contributed by atoms with Crippen LogP contribution in [0.15, 0.2) is 0 Å². The molecule has 1 heterocycles. The maximum absolute atomic E-state index is 11.4. The second-order valence-corrected chi connectivity index (χ2v) is 3.68. The lowest BCUT2D eigenvalue weighted by atomic mass is 10.3. The Morgan fingerprint density at radius 2 is 2.18 bits per heavy atom. The van der Waals surface area contributed by atoms with Gasteiger partial charge in [0.1, 0.15) is 0 Å². The molecule has 0 aromatic heterocycles. The van der Waals surface area contributed by atoms with Crippen LogP contribution in [0.1, 0.15) is 19.8 Å². The molecule has 1 amide bonds. The van der Waals surface area contributed by atoms with Crippen LogP contribution < -0.4 is 5.32 Å². The molecule has 0 bridgehead atoms. The minimum atomic E-state index is -0.347. The van der Waals surface area contributed by atoms with Gasteiger partial charge in [0.2, 0.25) is 5.91 Å². The normalized spacial score (nSPS) is 19.7. The Morgan fingerprint density at radius 3 is 2.82 bits per heavy atom. The summed E-state index contributed by atoms with van der Waals surface area (Å²) in [5.41, 5.74) is 0. The van der Waals surface area contributed by atoms with Crippen LogP contribution in [-0.2, 0) is 23.8 Å². The van der Waals surface area contributed by atoms with E-state index in [0.29, 0.717) is 33.0 Å². The number of carbonyl (C=O) groups excluding carboxylic acids is 2. The molecule has 1 aliphatic heterocycles. The van der Waals surface area contributed by atoms with Crippen LogP contribution >= 0.6 is 0 Å². The van der Waals surface area contributed by atoms with Crippen LogP contribution in [0.25, 0.3) is 0 Å². The van der Waals surface area contributed by atoms with Gasteiger partial charge in [-0.25, -0.2) is 0 Å². The van der Waals surface area contributed by atoms with Crippen molar-refractivity contribution in [3.63, 3.8) is 0 Å². The van der Waals surface area contributed by atoms with Crippen LogP contribution in [0.4, 0.5) is 0 Å². The molecule has 1 saturated heterocycles. The van der Waals surface area contributed by atoms with Crippen LogP contribution in [-0.4, -0.2) is 51.0 Å². The SMILES string of the molecule is CCOC(=O)CCC(=O)NCC1COCCO1. The first kappa shape index (κ1) is 13.9. The third-order valence-electron chi connectivity index (χ3n) is 2.27. The summed E-state index contributed by atoms with van der Waals surface area (Å²) in [6.45, 7) is 4.16. The average molecular weight is 245 g/mol. The quantitative estimate of drug-likeness (QED) is 0.659. The number of amides is 1. The summed E-state index contributed by atoms with van der Waals surface area (Å²) in [6.07, 6.45) is 0.170. The van der Waals surface area contributed by atoms with Crippen molar-refractivity contribution in [1.29, 1.82) is 0 Å². The van der Waals surface area contributed by atoms with Crippen LogP contribution in [0, 0.1) is 0 Å². The molecule has 1 rings (SSSR count). The molecule has 6 heteroatoms. The molecule has 0 saturated carbocycles. The number of esters is 1. The van der Waals surface area contributed by atoms with Gasteiger partial charge < -0.3 is 19.5 Å². The van der Waals surface area contributed by atoms with E-state index in [2.05, 4.69) is 5.32 Å². The van der Waals surface area contributed by atoms with Gasteiger partial charge >= 0.3 is 5.97 Å². The van der Waals surface area contributed by atoms with Gasteiger partial charge in [0.25, 0.3) is 0 Å². The molecule has 0 aromatic rings. The van der Waals surface area contributed by atoms with Crippen molar-refractivity contribution in [3.8, 4) is 0 Å². The fourth-order valence-electron chi connectivity index (χ4n) is 1.42. The summed E-state index contributed by atoms with van der Waals surface area (Å²) in [4.78, 5) is 22.4. The Bertz CT molecular complexity index is 250. The number of hydrogen-bond donors (Lipinski definition) is 1.